The maximum Gasteiger partial charge on any atom is 0.272 e. The number of nitro groups is 1. The van der Waals surface area contributed by atoms with E-state index in [1.165, 1.54) is 12.1 Å². The molecule has 0 saturated heterocycles. The number of nitrogens with two attached hydrogens (primary N) is 1. The standard InChI is InChI=1S/C13H10ClFN2O3/c14-11-6-10(3-1-8(11)7-16)20-13-4-2-9(17(18)19)5-12(13)15/h1-6H,7,16H2. The zero-order valence-electron chi connectivity index (χ0n) is 10.2. The summed E-state index contributed by atoms with van der Waals surface area (Å²) in [6.45, 7) is 0.283. The summed E-state index contributed by atoms with van der Waals surface area (Å²) in [5.41, 5.74) is 5.87. The average Bonchev–Trinajstić information content (AvgIpc) is 2.41. The van der Waals surface area contributed by atoms with Crippen molar-refractivity contribution < 1.29 is 14.1 Å². The number of nitro benzene ring substituents is 1. The molecule has 0 aromatic heterocycles. The fourth-order valence-electron chi connectivity index (χ4n) is 1.57. The minimum atomic E-state index is -0.821. The van der Waals surface area contributed by atoms with Crippen molar-refractivity contribution in [3.05, 3.63) is 62.9 Å². The first-order valence-electron chi connectivity index (χ1n) is 5.61. The third kappa shape index (κ3) is 3.04. The third-order valence-electron chi connectivity index (χ3n) is 2.60. The number of halogens is 2. The molecule has 0 spiro atoms. The van der Waals surface area contributed by atoms with Crippen LogP contribution in [0, 0.1) is 15.9 Å². The maximum absolute atomic E-state index is 13.7. The molecule has 0 heterocycles. The van der Waals surface area contributed by atoms with Gasteiger partial charge in [0.2, 0.25) is 0 Å². The molecule has 0 atom stereocenters. The Morgan fingerprint density at radius 3 is 2.60 bits per heavy atom. The molecule has 2 N–H and O–H groups in total. The quantitative estimate of drug-likeness (QED) is 0.690. The minimum Gasteiger partial charge on any atom is -0.454 e. The minimum absolute atomic E-state index is 0.118. The highest BCUT2D eigenvalue weighted by Crippen LogP contribution is 2.30. The summed E-state index contributed by atoms with van der Waals surface area (Å²) >= 11 is 5.96. The summed E-state index contributed by atoms with van der Waals surface area (Å²) in [5.74, 6) is -0.620. The lowest BCUT2D eigenvalue weighted by atomic mass is 10.2. The molecule has 104 valence electrons. The Balaban J connectivity index is 2.26. The van der Waals surface area contributed by atoms with Crippen LogP contribution in [0.15, 0.2) is 36.4 Å². The molecule has 2 aromatic carbocycles. The van der Waals surface area contributed by atoms with Crippen molar-refractivity contribution >= 4 is 17.3 Å². The van der Waals surface area contributed by atoms with Crippen LogP contribution in [0.5, 0.6) is 11.5 Å². The topological polar surface area (TPSA) is 78.4 Å². The number of benzene rings is 2. The molecule has 0 saturated carbocycles. The average molecular weight is 297 g/mol. The van der Waals surface area contributed by atoms with E-state index in [0.29, 0.717) is 10.8 Å². The SMILES string of the molecule is NCc1ccc(Oc2ccc([N+](=O)[O-])cc2F)cc1Cl. The summed E-state index contributed by atoms with van der Waals surface area (Å²) in [5, 5.41) is 10.9. The van der Waals surface area contributed by atoms with Crippen LogP contribution >= 0.6 is 11.6 Å². The van der Waals surface area contributed by atoms with Crippen molar-refractivity contribution in [2.45, 2.75) is 6.54 Å². The van der Waals surface area contributed by atoms with E-state index >= 15 is 0 Å². The van der Waals surface area contributed by atoms with Crippen molar-refractivity contribution in [1.82, 2.24) is 0 Å². The second kappa shape index (κ2) is 5.85. The van der Waals surface area contributed by atoms with Gasteiger partial charge < -0.3 is 10.5 Å². The van der Waals surface area contributed by atoms with E-state index in [1.54, 1.807) is 12.1 Å². The van der Waals surface area contributed by atoms with E-state index in [1.807, 2.05) is 0 Å². The molecule has 0 bridgehead atoms. The molecular weight excluding hydrogens is 287 g/mol. The monoisotopic (exact) mass is 296 g/mol. The van der Waals surface area contributed by atoms with Gasteiger partial charge in [0, 0.05) is 17.6 Å². The van der Waals surface area contributed by atoms with Gasteiger partial charge in [0.05, 0.1) is 11.0 Å². The summed E-state index contributed by atoms with van der Waals surface area (Å²) in [6.07, 6.45) is 0. The summed E-state index contributed by atoms with van der Waals surface area (Å²) in [4.78, 5) is 9.83. The highest BCUT2D eigenvalue weighted by atomic mass is 35.5. The van der Waals surface area contributed by atoms with Crippen LogP contribution in [0.4, 0.5) is 10.1 Å². The fraction of sp³-hybridized carbons (Fsp3) is 0.0769. The Morgan fingerprint density at radius 2 is 2.05 bits per heavy atom. The summed E-state index contributed by atoms with van der Waals surface area (Å²) in [7, 11) is 0. The van der Waals surface area contributed by atoms with Gasteiger partial charge in [-0.3, -0.25) is 10.1 Å². The molecular formula is C13H10ClFN2O3. The number of hydrogen-bond acceptors (Lipinski definition) is 4. The van der Waals surface area contributed by atoms with Crippen LogP contribution in [-0.2, 0) is 6.54 Å². The Morgan fingerprint density at radius 1 is 1.30 bits per heavy atom. The van der Waals surface area contributed by atoms with Crippen LogP contribution < -0.4 is 10.5 Å². The summed E-state index contributed by atoms with van der Waals surface area (Å²) < 4.78 is 19.0. The van der Waals surface area contributed by atoms with Crippen molar-refractivity contribution in [3.63, 3.8) is 0 Å². The number of hydrogen-bond donors (Lipinski definition) is 1. The molecule has 0 aliphatic heterocycles. The van der Waals surface area contributed by atoms with Crippen molar-refractivity contribution in [2.24, 2.45) is 5.73 Å². The van der Waals surface area contributed by atoms with Crippen LogP contribution in [0.3, 0.4) is 0 Å². The normalized spacial score (nSPS) is 10.3. The Bertz CT molecular complexity index is 664. The van der Waals surface area contributed by atoms with E-state index in [-0.39, 0.29) is 18.0 Å². The molecule has 0 aliphatic rings. The highest BCUT2D eigenvalue weighted by Gasteiger charge is 2.12. The lowest BCUT2D eigenvalue weighted by Crippen LogP contribution is -1.97. The van der Waals surface area contributed by atoms with Gasteiger partial charge in [0.25, 0.3) is 5.69 Å². The van der Waals surface area contributed by atoms with Gasteiger partial charge in [-0.15, -0.1) is 0 Å². The first kappa shape index (κ1) is 14.2. The molecule has 2 rings (SSSR count). The van der Waals surface area contributed by atoms with E-state index in [0.717, 1.165) is 17.7 Å². The molecule has 7 heteroatoms. The van der Waals surface area contributed by atoms with Crippen LogP contribution in [-0.4, -0.2) is 4.92 Å². The first-order valence-corrected chi connectivity index (χ1v) is 5.99. The maximum atomic E-state index is 13.7. The zero-order chi connectivity index (χ0) is 14.7. The second-order valence-corrected chi connectivity index (χ2v) is 4.34. The Labute approximate surface area is 118 Å². The molecule has 0 radical (unpaired) electrons. The second-order valence-electron chi connectivity index (χ2n) is 3.93. The molecule has 2 aromatic rings. The van der Waals surface area contributed by atoms with Gasteiger partial charge in [-0.2, -0.15) is 0 Å². The van der Waals surface area contributed by atoms with E-state index in [4.69, 9.17) is 22.1 Å². The number of rotatable bonds is 4. The summed E-state index contributed by atoms with van der Waals surface area (Å²) in [6, 6.07) is 7.91. The van der Waals surface area contributed by atoms with Gasteiger partial charge >= 0.3 is 0 Å². The fourth-order valence-corrected chi connectivity index (χ4v) is 1.82. The van der Waals surface area contributed by atoms with Gasteiger partial charge in [-0.25, -0.2) is 4.39 Å². The third-order valence-corrected chi connectivity index (χ3v) is 2.95. The van der Waals surface area contributed by atoms with Crippen molar-refractivity contribution in [1.29, 1.82) is 0 Å². The largest absolute Gasteiger partial charge is 0.454 e. The highest BCUT2D eigenvalue weighted by molar-refractivity contribution is 6.31. The van der Waals surface area contributed by atoms with Crippen LogP contribution in [0.1, 0.15) is 5.56 Å². The predicted octanol–water partition coefficient (Wildman–Crippen LogP) is 3.64. The Hall–Kier alpha value is -2.18. The van der Waals surface area contributed by atoms with Gasteiger partial charge in [0.1, 0.15) is 5.75 Å². The van der Waals surface area contributed by atoms with Crippen LogP contribution in [0.25, 0.3) is 0 Å². The molecule has 0 fully saturated rings. The molecule has 20 heavy (non-hydrogen) atoms. The number of non-ortho nitro benzene ring substituents is 1. The van der Waals surface area contributed by atoms with E-state index in [2.05, 4.69) is 0 Å². The van der Waals surface area contributed by atoms with Gasteiger partial charge in [0.15, 0.2) is 11.6 Å². The zero-order valence-corrected chi connectivity index (χ0v) is 10.9. The van der Waals surface area contributed by atoms with Crippen molar-refractivity contribution in [3.8, 4) is 11.5 Å². The molecule has 0 aliphatic carbocycles. The molecule has 0 amide bonds. The number of nitrogens with zero attached hydrogens (tertiary/aromatic N) is 1. The number of ether oxygens (including phenoxy) is 1. The lowest BCUT2D eigenvalue weighted by molar-refractivity contribution is -0.385. The van der Waals surface area contributed by atoms with Gasteiger partial charge in [-0.1, -0.05) is 17.7 Å². The molecule has 5 nitrogen and oxygen atoms in total. The van der Waals surface area contributed by atoms with E-state index < -0.39 is 10.7 Å². The van der Waals surface area contributed by atoms with E-state index in [9.17, 15) is 14.5 Å². The van der Waals surface area contributed by atoms with Crippen LogP contribution in [0.2, 0.25) is 5.02 Å². The Kier molecular flexibility index (Phi) is 4.16. The smallest absolute Gasteiger partial charge is 0.272 e. The predicted molar refractivity (Wildman–Crippen MR) is 72.5 cm³/mol. The lowest BCUT2D eigenvalue weighted by Gasteiger charge is -2.08. The van der Waals surface area contributed by atoms with Crippen molar-refractivity contribution in [2.75, 3.05) is 0 Å². The van der Waals surface area contributed by atoms with Gasteiger partial charge in [-0.05, 0) is 23.8 Å². The molecule has 0 unspecified atom stereocenters. The first-order chi connectivity index (χ1) is 9.51.